The van der Waals surface area contributed by atoms with Crippen LogP contribution in [0.4, 0.5) is 4.79 Å². The minimum atomic E-state index is -1.01. The van der Waals surface area contributed by atoms with Crippen LogP contribution in [-0.4, -0.2) is 48.5 Å². The van der Waals surface area contributed by atoms with Gasteiger partial charge in [-0.25, -0.2) is 4.79 Å². The van der Waals surface area contributed by atoms with Crippen LogP contribution in [0.15, 0.2) is 12.1 Å². The van der Waals surface area contributed by atoms with Crippen LogP contribution in [-0.2, 0) is 9.59 Å². The van der Waals surface area contributed by atoms with Crippen molar-refractivity contribution in [2.24, 2.45) is 0 Å². The number of imide groups is 1. The average molecular weight is 408 g/mol. The molecule has 0 bridgehead atoms. The lowest BCUT2D eigenvalue weighted by molar-refractivity contribution is -0.133. The Bertz CT molecular complexity index is 805. The summed E-state index contributed by atoms with van der Waals surface area (Å²) in [7, 11) is 1.64. The Labute approximate surface area is 169 Å². The van der Waals surface area contributed by atoms with Gasteiger partial charge in [0.25, 0.3) is 5.91 Å². The highest BCUT2D eigenvalue weighted by molar-refractivity contribution is 6.31. The number of ether oxygens (including phenoxy) is 1. The number of urea groups is 1. The Morgan fingerprint density at radius 3 is 2.57 bits per heavy atom. The molecular formula is C20H26ClN3O4. The first-order valence-corrected chi connectivity index (χ1v) is 9.86. The van der Waals surface area contributed by atoms with Crippen LogP contribution < -0.4 is 15.4 Å². The standard InChI is InChI=1S/C20H26ClN3O4/c1-12-10-14(16(28-3)11-15(12)21)13-5-8-24(9-6-13)17(25)4-7-20(2)18(26)22-19(27)23-20/h10-11,13H,4-9H2,1-3H3,(H2,22,23,26,27)/t20-/m1/s1. The van der Waals surface area contributed by atoms with Crippen LogP contribution in [0.25, 0.3) is 0 Å². The van der Waals surface area contributed by atoms with Gasteiger partial charge in [0, 0.05) is 24.5 Å². The second-order valence-corrected chi connectivity index (χ2v) is 8.15. The van der Waals surface area contributed by atoms with Gasteiger partial charge >= 0.3 is 6.03 Å². The topological polar surface area (TPSA) is 87.7 Å². The van der Waals surface area contributed by atoms with Crippen LogP contribution in [0.5, 0.6) is 5.75 Å². The normalized spacial score (nSPS) is 22.8. The lowest BCUT2D eigenvalue weighted by Crippen LogP contribution is -2.45. The van der Waals surface area contributed by atoms with Crippen LogP contribution in [0.3, 0.4) is 0 Å². The van der Waals surface area contributed by atoms with Crippen molar-refractivity contribution in [1.82, 2.24) is 15.5 Å². The highest BCUT2D eigenvalue weighted by atomic mass is 35.5. The Morgan fingerprint density at radius 2 is 2.00 bits per heavy atom. The smallest absolute Gasteiger partial charge is 0.322 e. The molecule has 1 aromatic carbocycles. The summed E-state index contributed by atoms with van der Waals surface area (Å²) in [5.41, 5.74) is 1.13. The lowest BCUT2D eigenvalue weighted by Gasteiger charge is -2.33. The van der Waals surface area contributed by atoms with Crippen LogP contribution >= 0.6 is 11.6 Å². The number of likely N-dealkylation sites (tertiary alicyclic amines) is 1. The molecule has 2 N–H and O–H groups in total. The number of carbonyl (C=O) groups excluding carboxylic acids is 3. The number of amides is 4. The molecule has 0 aromatic heterocycles. The van der Waals surface area contributed by atoms with Gasteiger partial charge in [0.15, 0.2) is 0 Å². The van der Waals surface area contributed by atoms with E-state index in [1.807, 2.05) is 17.9 Å². The van der Waals surface area contributed by atoms with Crippen molar-refractivity contribution < 1.29 is 19.1 Å². The summed E-state index contributed by atoms with van der Waals surface area (Å²) in [6.07, 6.45) is 2.20. The Balaban J connectivity index is 1.57. The zero-order valence-corrected chi connectivity index (χ0v) is 17.2. The molecule has 2 saturated heterocycles. The maximum absolute atomic E-state index is 12.6. The Hall–Kier alpha value is -2.28. The highest BCUT2D eigenvalue weighted by Gasteiger charge is 2.42. The van der Waals surface area contributed by atoms with E-state index in [9.17, 15) is 14.4 Å². The van der Waals surface area contributed by atoms with Gasteiger partial charge in [-0.1, -0.05) is 17.7 Å². The molecule has 0 spiro atoms. The lowest BCUT2D eigenvalue weighted by atomic mass is 9.87. The number of nitrogens with one attached hydrogen (secondary N) is 2. The van der Waals surface area contributed by atoms with Crippen molar-refractivity contribution in [1.29, 1.82) is 0 Å². The van der Waals surface area contributed by atoms with Crippen LogP contribution in [0.2, 0.25) is 5.02 Å². The van der Waals surface area contributed by atoms with Gasteiger partial charge in [-0.3, -0.25) is 14.9 Å². The molecule has 3 rings (SSSR count). The SMILES string of the molecule is COc1cc(Cl)c(C)cc1C1CCN(C(=O)CC[C@@]2(C)NC(=O)NC2=O)CC1. The zero-order valence-electron chi connectivity index (χ0n) is 16.4. The summed E-state index contributed by atoms with van der Waals surface area (Å²) >= 11 is 6.20. The first-order chi connectivity index (χ1) is 13.2. The monoisotopic (exact) mass is 407 g/mol. The molecule has 4 amide bonds. The quantitative estimate of drug-likeness (QED) is 0.734. The first kappa shape index (κ1) is 20.5. The van der Waals surface area contributed by atoms with Crippen molar-refractivity contribution >= 4 is 29.4 Å². The first-order valence-electron chi connectivity index (χ1n) is 9.49. The summed E-state index contributed by atoms with van der Waals surface area (Å²) in [4.78, 5) is 37.6. The predicted octanol–water partition coefficient (Wildman–Crippen LogP) is 2.74. The van der Waals surface area contributed by atoms with Crippen molar-refractivity contribution in [3.8, 4) is 5.75 Å². The number of methoxy groups -OCH3 is 1. The molecule has 0 aliphatic carbocycles. The molecule has 1 aromatic rings. The average Bonchev–Trinajstić information content (AvgIpc) is 2.93. The molecule has 0 radical (unpaired) electrons. The van der Waals surface area contributed by atoms with E-state index in [-0.39, 0.29) is 24.7 Å². The third kappa shape index (κ3) is 4.09. The van der Waals surface area contributed by atoms with E-state index in [1.165, 1.54) is 0 Å². The van der Waals surface area contributed by atoms with Crippen LogP contribution in [0.1, 0.15) is 49.7 Å². The molecule has 2 aliphatic heterocycles. The van der Waals surface area contributed by atoms with E-state index in [0.29, 0.717) is 24.0 Å². The van der Waals surface area contributed by atoms with Gasteiger partial charge in [0.2, 0.25) is 5.91 Å². The van der Waals surface area contributed by atoms with E-state index < -0.39 is 11.6 Å². The van der Waals surface area contributed by atoms with Gasteiger partial charge in [-0.05, 0) is 56.2 Å². The minimum Gasteiger partial charge on any atom is -0.496 e. The molecule has 2 aliphatic rings. The third-order valence-corrected chi connectivity index (χ3v) is 6.16. The Kier molecular flexibility index (Phi) is 5.84. The second kappa shape index (κ2) is 7.99. The number of hydrogen-bond acceptors (Lipinski definition) is 4. The molecule has 7 nitrogen and oxygen atoms in total. The van der Waals surface area contributed by atoms with E-state index >= 15 is 0 Å². The fourth-order valence-corrected chi connectivity index (χ4v) is 4.05. The summed E-state index contributed by atoms with van der Waals surface area (Å²) < 4.78 is 5.50. The van der Waals surface area contributed by atoms with E-state index in [0.717, 1.165) is 29.7 Å². The van der Waals surface area contributed by atoms with E-state index in [4.69, 9.17) is 16.3 Å². The molecule has 1 atom stereocenters. The van der Waals surface area contributed by atoms with Crippen molar-refractivity contribution in [3.05, 3.63) is 28.3 Å². The fraction of sp³-hybridized carbons (Fsp3) is 0.550. The molecule has 28 heavy (non-hydrogen) atoms. The van der Waals surface area contributed by atoms with E-state index in [1.54, 1.807) is 14.0 Å². The largest absolute Gasteiger partial charge is 0.496 e. The predicted molar refractivity (Wildman–Crippen MR) is 106 cm³/mol. The molecule has 2 heterocycles. The number of piperidine rings is 1. The fourth-order valence-electron chi connectivity index (χ4n) is 3.89. The number of benzene rings is 1. The van der Waals surface area contributed by atoms with Crippen molar-refractivity contribution in [2.45, 2.75) is 51.0 Å². The molecule has 2 fully saturated rings. The number of hydrogen-bond donors (Lipinski definition) is 2. The van der Waals surface area contributed by atoms with E-state index in [2.05, 4.69) is 16.7 Å². The molecule has 0 unspecified atom stereocenters. The maximum Gasteiger partial charge on any atom is 0.322 e. The third-order valence-electron chi connectivity index (χ3n) is 5.75. The van der Waals surface area contributed by atoms with Crippen LogP contribution in [0, 0.1) is 6.92 Å². The summed E-state index contributed by atoms with van der Waals surface area (Å²) in [5.74, 6) is 0.728. The van der Waals surface area contributed by atoms with Gasteiger partial charge in [0.05, 0.1) is 7.11 Å². The van der Waals surface area contributed by atoms with Crippen molar-refractivity contribution in [2.75, 3.05) is 20.2 Å². The number of nitrogens with zero attached hydrogens (tertiary/aromatic N) is 1. The van der Waals surface area contributed by atoms with Gasteiger partial charge in [-0.2, -0.15) is 0 Å². The highest BCUT2D eigenvalue weighted by Crippen LogP contribution is 2.37. The molecule has 0 saturated carbocycles. The van der Waals surface area contributed by atoms with Gasteiger partial charge < -0.3 is 15.0 Å². The molecular weight excluding hydrogens is 382 g/mol. The Morgan fingerprint density at radius 1 is 1.32 bits per heavy atom. The molecule has 8 heteroatoms. The number of halogens is 1. The molecule has 152 valence electrons. The summed E-state index contributed by atoms with van der Waals surface area (Å²) in [5, 5.41) is 5.50. The van der Waals surface area contributed by atoms with Crippen molar-refractivity contribution in [3.63, 3.8) is 0 Å². The summed E-state index contributed by atoms with van der Waals surface area (Å²) in [6, 6.07) is 3.42. The maximum atomic E-state index is 12.6. The summed E-state index contributed by atoms with van der Waals surface area (Å²) in [6.45, 7) is 4.93. The number of aryl methyl sites for hydroxylation is 1. The van der Waals surface area contributed by atoms with Gasteiger partial charge in [0.1, 0.15) is 11.3 Å². The number of carbonyl (C=O) groups is 3. The minimum absolute atomic E-state index is 0.00729. The second-order valence-electron chi connectivity index (χ2n) is 7.74. The zero-order chi connectivity index (χ0) is 20.5. The number of rotatable bonds is 5. The van der Waals surface area contributed by atoms with Gasteiger partial charge in [-0.15, -0.1) is 0 Å².